The maximum atomic E-state index is 12.4. The second kappa shape index (κ2) is 9.46. The molecule has 1 heterocycles. The molecule has 1 aromatic carbocycles. The van der Waals surface area contributed by atoms with Gasteiger partial charge < -0.3 is 29.8 Å². The van der Waals surface area contributed by atoms with Gasteiger partial charge in [-0.3, -0.25) is 4.79 Å². The van der Waals surface area contributed by atoms with Crippen molar-refractivity contribution in [3.8, 4) is 5.75 Å². The number of ether oxygens (including phenoxy) is 2. The van der Waals surface area contributed by atoms with E-state index in [9.17, 15) is 4.79 Å². The van der Waals surface area contributed by atoms with Crippen LogP contribution in [0.1, 0.15) is 34.1 Å². The summed E-state index contributed by atoms with van der Waals surface area (Å²) in [6.07, 6.45) is 0.477. The maximum absolute atomic E-state index is 12.4. The Morgan fingerprint density at radius 3 is 2.32 bits per heavy atom. The van der Waals surface area contributed by atoms with Gasteiger partial charge in [-0.15, -0.1) is 0 Å². The second-order valence-electron chi connectivity index (χ2n) is 7.89. The molecule has 1 aromatic rings. The van der Waals surface area contributed by atoms with E-state index in [2.05, 4.69) is 5.32 Å². The zero-order valence-corrected chi connectivity index (χ0v) is 17.9. The Hall–Kier alpha value is -1.32. The molecule has 9 heteroatoms. The fourth-order valence-corrected chi connectivity index (χ4v) is 2.83. The van der Waals surface area contributed by atoms with Crippen molar-refractivity contribution >= 4 is 24.6 Å². The summed E-state index contributed by atoms with van der Waals surface area (Å²) in [7, 11) is 0.885. The van der Waals surface area contributed by atoms with Gasteiger partial charge in [0.25, 0.3) is 0 Å². The third-order valence-electron chi connectivity index (χ3n) is 5.12. The van der Waals surface area contributed by atoms with Crippen LogP contribution in [0.2, 0.25) is 5.02 Å². The third kappa shape index (κ3) is 5.84. The summed E-state index contributed by atoms with van der Waals surface area (Å²) in [4.78, 5) is 12.4. The Kier molecular flexibility index (Phi) is 7.76. The summed E-state index contributed by atoms with van der Waals surface area (Å²) >= 11 is 5.89. The van der Waals surface area contributed by atoms with E-state index in [0.29, 0.717) is 23.8 Å². The van der Waals surface area contributed by atoms with Crippen LogP contribution in [0.15, 0.2) is 24.3 Å². The lowest BCUT2D eigenvalue weighted by Gasteiger charge is -2.32. The first-order chi connectivity index (χ1) is 13.1. The van der Waals surface area contributed by atoms with Gasteiger partial charge in [-0.2, -0.15) is 0 Å². The molecule has 3 N–H and O–H groups in total. The standard InChI is InChI=1S/C19H30BClN2O5/c1-18(2)19(3,4)28-20(27-18)16(23-17(24)15(22)12-25-5)10-11-26-14-8-6-13(21)7-9-14/h6-9,15-16H,10-12,22H2,1-5H3,(H,23,24)/t15-,16+/m1/s1. The van der Waals surface area contributed by atoms with Crippen molar-refractivity contribution in [3.05, 3.63) is 29.3 Å². The zero-order chi connectivity index (χ0) is 20.9. The molecule has 28 heavy (non-hydrogen) atoms. The number of carbonyl (C=O) groups excluding carboxylic acids is 1. The second-order valence-corrected chi connectivity index (χ2v) is 8.33. The molecular formula is C19H30BClN2O5. The number of amides is 1. The van der Waals surface area contributed by atoms with Gasteiger partial charge in [-0.1, -0.05) is 11.6 Å². The minimum Gasteiger partial charge on any atom is -0.494 e. The lowest BCUT2D eigenvalue weighted by molar-refractivity contribution is -0.123. The number of hydrogen-bond acceptors (Lipinski definition) is 6. The first-order valence-electron chi connectivity index (χ1n) is 9.34. The molecule has 1 amide bonds. The van der Waals surface area contributed by atoms with Crippen LogP contribution in [0, 0.1) is 0 Å². The van der Waals surface area contributed by atoms with Crippen molar-refractivity contribution in [2.75, 3.05) is 20.3 Å². The number of carbonyl (C=O) groups is 1. The molecule has 1 aliphatic heterocycles. The molecule has 0 spiro atoms. The topological polar surface area (TPSA) is 92.0 Å². The summed E-state index contributed by atoms with van der Waals surface area (Å²) < 4.78 is 22.9. The van der Waals surface area contributed by atoms with E-state index in [1.165, 1.54) is 7.11 Å². The first-order valence-corrected chi connectivity index (χ1v) is 9.72. The van der Waals surface area contributed by atoms with Gasteiger partial charge in [0.05, 0.1) is 30.4 Å². The van der Waals surface area contributed by atoms with Gasteiger partial charge in [-0.25, -0.2) is 0 Å². The lowest BCUT2D eigenvalue weighted by Crippen LogP contribution is -2.54. The molecular weight excluding hydrogens is 382 g/mol. The molecule has 0 saturated carbocycles. The summed E-state index contributed by atoms with van der Waals surface area (Å²) in [5, 5.41) is 3.56. The number of nitrogens with one attached hydrogen (secondary N) is 1. The molecule has 1 saturated heterocycles. The van der Waals surface area contributed by atoms with E-state index in [-0.39, 0.29) is 12.5 Å². The predicted molar refractivity (Wildman–Crippen MR) is 109 cm³/mol. The summed E-state index contributed by atoms with van der Waals surface area (Å²) in [5.74, 6) is -0.0590. The van der Waals surface area contributed by atoms with Gasteiger partial charge >= 0.3 is 7.12 Å². The Morgan fingerprint density at radius 1 is 1.21 bits per heavy atom. The number of halogens is 1. The van der Waals surface area contributed by atoms with Crippen molar-refractivity contribution in [3.63, 3.8) is 0 Å². The Morgan fingerprint density at radius 2 is 1.79 bits per heavy atom. The van der Waals surface area contributed by atoms with Crippen LogP contribution in [0.25, 0.3) is 0 Å². The molecule has 1 fully saturated rings. The number of methoxy groups -OCH3 is 1. The number of benzene rings is 1. The molecule has 0 aromatic heterocycles. The predicted octanol–water partition coefficient (Wildman–Crippen LogP) is 2.20. The molecule has 2 rings (SSSR count). The molecule has 0 radical (unpaired) electrons. The van der Waals surface area contributed by atoms with Gasteiger partial charge in [-0.05, 0) is 52.0 Å². The summed E-state index contributed by atoms with van der Waals surface area (Å²) in [6, 6.07) is 6.33. The maximum Gasteiger partial charge on any atom is 0.481 e. The Balaban J connectivity index is 2.03. The number of hydrogen-bond donors (Lipinski definition) is 2. The van der Waals surface area contributed by atoms with Gasteiger partial charge in [0, 0.05) is 18.6 Å². The van der Waals surface area contributed by atoms with Crippen LogP contribution >= 0.6 is 11.6 Å². The first kappa shape index (κ1) is 23.0. The van der Waals surface area contributed by atoms with Gasteiger partial charge in [0.15, 0.2) is 0 Å². The van der Waals surface area contributed by atoms with Crippen LogP contribution < -0.4 is 15.8 Å². The Labute approximate surface area is 172 Å². The highest BCUT2D eigenvalue weighted by molar-refractivity contribution is 6.48. The van der Waals surface area contributed by atoms with E-state index < -0.39 is 30.3 Å². The van der Waals surface area contributed by atoms with E-state index in [1.54, 1.807) is 24.3 Å². The van der Waals surface area contributed by atoms with E-state index in [0.717, 1.165) is 0 Å². The highest BCUT2D eigenvalue weighted by atomic mass is 35.5. The van der Waals surface area contributed by atoms with Gasteiger partial charge in [0.2, 0.25) is 5.91 Å². The summed E-state index contributed by atoms with van der Waals surface area (Å²) in [5.41, 5.74) is 4.84. The quantitative estimate of drug-likeness (QED) is 0.604. The van der Waals surface area contributed by atoms with Crippen molar-refractivity contribution in [2.45, 2.75) is 57.3 Å². The SMILES string of the molecule is COC[C@@H](N)C(=O)N[C@@H](CCOc1ccc(Cl)cc1)B1OC(C)(C)C(C)(C)O1. The number of rotatable bonds is 9. The third-order valence-corrected chi connectivity index (χ3v) is 5.37. The average Bonchev–Trinajstić information content (AvgIpc) is 2.83. The molecule has 0 aliphatic carbocycles. The zero-order valence-electron chi connectivity index (χ0n) is 17.2. The molecule has 0 bridgehead atoms. The normalized spacial score (nSPS) is 19.9. The minimum atomic E-state index is -0.771. The molecule has 1 aliphatic rings. The van der Waals surface area contributed by atoms with E-state index in [1.807, 2.05) is 27.7 Å². The molecule has 0 unspecified atom stereocenters. The van der Waals surface area contributed by atoms with E-state index >= 15 is 0 Å². The monoisotopic (exact) mass is 412 g/mol. The number of nitrogens with two attached hydrogens (primary N) is 1. The summed E-state index contributed by atoms with van der Waals surface area (Å²) in [6.45, 7) is 8.35. The highest BCUT2D eigenvalue weighted by Crippen LogP contribution is 2.37. The van der Waals surface area contributed by atoms with Crippen LogP contribution in [-0.4, -0.2) is 56.5 Å². The van der Waals surface area contributed by atoms with Crippen molar-refractivity contribution in [1.82, 2.24) is 5.32 Å². The fraction of sp³-hybridized carbons (Fsp3) is 0.632. The lowest BCUT2D eigenvalue weighted by atomic mass is 9.76. The van der Waals surface area contributed by atoms with Crippen molar-refractivity contribution in [2.24, 2.45) is 5.73 Å². The largest absolute Gasteiger partial charge is 0.494 e. The van der Waals surface area contributed by atoms with Crippen molar-refractivity contribution in [1.29, 1.82) is 0 Å². The molecule has 7 nitrogen and oxygen atoms in total. The average molecular weight is 413 g/mol. The molecule has 156 valence electrons. The van der Waals surface area contributed by atoms with Crippen LogP contribution in [0.5, 0.6) is 5.75 Å². The van der Waals surface area contributed by atoms with Gasteiger partial charge in [0.1, 0.15) is 11.8 Å². The molecule has 2 atom stereocenters. The van der Waals surface area contributed by atoms with Crippen LogP contribution in [0.3, 0.4) is 0 Å². The van der Waals surface area contributed by atoms with Crippen LogP contribution in [0.4, 0.5) is 0 Å². The minimum absolute atomic E-state index is 0.128. The smallest absolute Gasteiger partial charge is 0.481 e. The fourth-order valence-electron chi connectivity index (χ4n) is 2.71. The van der Waals surface area contributed by atoms with E-state index in [4.69, 9.17) is 36.1 Å². The van der Waals surface area contributed by atoms with Crippen molar-refractivity contribution < 1.29 is 23.6 Å². The van der Waals surface area contributed by atoms with Crippen LogP contribution in [-0.2, 0) is 18.8 Å². The Bertz CT molecular complexity index is 640. The highest BCUT2D eigenvalue weighted by Gasteiger charge is 2.54.